The van der Waals surface area contributed by atoms with Crippen LogP contribution in [0.15, 0.2) is 10.6 Å². The van der Waals surface area contributed by atoms with Crippen LogP contribution in [0.5, 0.6) is 0 Å². The third-order valence-electron chi connectivity index (χ3n) is 3.22. The largest absolute Gasteiger partial charge is 0.396 e. The molecule has 2 heterocycles. The highest BCUT2D eigenvalue weighted by molar-refractivity contribution is 6.06. The predicted octanol–water partition coefficient (Wildman–Crippen LogP) is 1.59. The second kappa shape index (κ2) is 6.00. The number of aliphatic hydroxyl groups excluding tert-OH is 1. The summed E-state index contributed by atoms with van der Waals surface area (Å²) in [5.41, 5.74) is 2.28. The highest BCUT2D eigenvalue weighted by Gasteiger charge is 2.17. The second-order valence-corrected chi connectivity index (χ2v) is 5.09. The van der Waals surface area contributed by atoms with Gasteiger partial charge in [-0.2, -0.15) is 0 Å². The van der Waals surface area contributed by atoms with E-state index in [1.165, 1.54) is 0 Å². The fourth-order valence-corrected chi connectivity index (χ4v) is 2.08. The van der Waals surface area contributed by atoms with Crippen molar-refractivity contribution in [3.63, 3.8) is 0 Å². The minimum atomic E-state index is -0.170. The monoisotopic (exact) mass is 277 g/mol. The zero-order valence-electron chi connectivity index (χ0n) is 11.9. The minimum Gasteiger partial charge on any atom is -0.396 e. The summed E-state index contributed by atoms with van der Waals surface area (Å²) >= 11 is 0. The molecule has 2 N–H and O–H groups in total. The number of carbonyl (C=O) groups is 1. The van der Waals surface area contributed by atoms with Gasteiger partial charge in [-0.05, 0) is 32.3 Å². The van der Waals surface area contributed by atoms with Crippen molar-refractivity contribution in [1.29, 1.82) is 0 Å². The van der Waals surface area contributed by atoms with Crippen LogP contribution in [0.3, 0.4) is 0 Å². The molecule has 2 aromatic heterocycles. The van der Waals surface area contributed by atoms with Gasteiger partial charge in [0.15, 0.2) is 0 Å². The molecule has 2 rings (SSSR count). The SMILES string of the molecule is Cc1cc(C(=O)NCC(C)CCO)c2c(C)noc2n1. The van der Waals surface area contributed by atoms with Crippen LogP contribution in [0.25, 0.3) is 11.1 Å². The minimum absolute atomic E-state index is 0.125. The van der Waals surface area contributed by atoms with Gasteiger partial charge in [0.1, 0.15) is 0 Å². The molecule has 1 amide bonds. The normalized spacial score (nSPS) is 12.6. The average Bonchev–Trinajstić information content (AvgIpc) is 2.77. The van der Waals surface area contributed by atoms with Crippen molar-refractivity contribution in [2.75, 3.05) is 13.2 Å². The highest BCUT2D eigenvalue weighted by atomic mass is 16.5. The standard InChI is InChI=1S/C14H19N3O3/c1-8(4-5-18)7-15-13(19)11-6-9(2)16-14-12(11)10(3)17-20-14/h6,8,18H,4-5,7H2,1-3H3,(H,15,19). The van der Waals surface area contributed by atoms with Crippen LogP contribution in [-0.2, 0) is 0 Å². The summed E-state index contributed by atoms with van der Waals surface area (Å²) in [5.74, 6) is 0.0579. The number of nitrogens with one attached hydrogen (secondary N) is 1. The molecule has 0 fully saturated rings. The molecule has 0 bridgehead atoms. The van der Waals surface area contributed by atoms with Gasteiger partial charge in [-0.3, -0.25) is 4.79 Å². The van der Waals surface area contributed by atoms with Crippen LogP contribution in [0.1, 0.15) is 35.1 Å². The van der Waals surface area contributed by atoms with Crippen LogP contribution in [-0.4, -0.2) is 34.3 Å². The van der Waals surface area contributed by atoms with Crippen LogP contribution < -0.4 is 5.32 Å². The smallest absolute Gasteiger partial charge is 0.258 e. The summed E-state index contributed by atoms with van der Waals surface area (Å²) in [5, 5.41) is 16.2. The topological polar surface area (TPSA) is 88.2 Å². The Kier molecular flexibility index (Phi) is 4.34. The molecule has 6 nitrogen and oxygen atoms in total. The Morgan fingerprint density at radius 3 is 2.95 bits per heavy atom. The number of rotatable bonds is 5. The average molecular weight is 277 g/mol. The summed E-state index contributed by atoms with van der Waals surface area (Å²) in [7, 11) is 0. The third-order valence-corrected chi connectivity index (χ3v) is 3.22. The van der Waals surface area contributed by atoms with Gasteiger partial charge in [-0.15, -0.1) is 0 Å². The Labute approximate surface area is 117 Å². The highest BCUT2D eigenvalue weighted by Crippen LogP contribution is 2.21. The molecule has 0 saturated heterocycles. The molecule has 0 aromatic carbocycles. The molecule has 6 heteroatoms. The van der Waals surface area contributed by atoms with E-state index in [2.05, 4.69) is 15.5 Å². The Hall–Kier alpha value is -1.95. The quantitative estimate of drug-likeness (QED) is 0.866. The van der Waals surface area contributed by atoms with E-state index in [-0.39, 0.29) is 18.4 Å². The maximum atomic E-state index is 12.3. The lowest BCUT2D eigenvalue weighted by atomic mass is 10.1. The van der Waals surface area contributed by atoms with Crippen LogP contribution in [0.4, 0.5) is 0 Å². The van der Waals surface area contributed by atoms with Crippen molar-refractivity contribution in [3.8, 4) is 0 Å². The molecular weight excluding hydrogens is 258 g/mol. The number of aryl methyl sites for hydroxylation is 2. The number of fused-ring (bicyclic) bond motifs is 1. The number of amides is 1. The van der Waals surface area contributed by atoms with Crippen LogP contribution in [0.2, 0.25) is 0 Å². The number of nitrogens with zero attached hydrogens (tertiary/aromatic N) is 2. The van der Waals surface area contributed by atoms with E-state index in [0.29, 0.717) is 41.0 Å². The number of pyridine rings is 1. The first-order valence-corrected chi connectivity index (χ1v) is 6.65. The molecule has 2 aromatic rings. The van der Waals surface area contributed by atoms with E-state index in [1.807, 2.05) is 13.8 Å². The van der Waals surface area contributed by atoms with Gasteiger partial charge in [0.25, 0.3) is 11.6 Å². The van der Waals surface area contributed by atoms with Gasteiger partial charge < -0.3 is 14.9 Å². The lowest BCUT2D eigenvalue weighted by Crippen LogP contribution is -2.29. The first-order valence-electron chi connectivity index (χ1n) is 6.65. The maximum absolute atomic E-state index is 12.3. The summed E-state index contributed by atoms with van der Waals surface area (Å²) in [6.07, 6.45) is 0.664. The van der Waals surface area contributed by atoms with Crippen molar-refractivity contribution in [2.45, 2.75) is 27.2 Å². The van der Waals surface area contributed by atoms with E-state index in [0.717, 1.165) is 0 Å². The van der Waals surface area contributed by atoms with E-state index >= 15 is 0 Å². The molecular formula is C14H19N3O3. The summed E-state index contributed by atoms with van der Waals surface area (Å²) in [6, 6.07) is 1.73. The Balaban J connectivity index is 2.23. The molecule has 0 saturated carbocycles. The van der Waals surface area contributed by atoms with Gasteiger partial charge in [0.05, 0.1) is 16.6 Å². The van der Waals surface area contributed by atoms with Crippen molar-refractivity contribution >= 4 is 17.0 Å². The predicted molar refractivity (Wildman–Crippen MR) is 74.5 cm³/mol. The number of aliphatic hydroxyl groups is 1. The van der Waals surface area contributed by atoms with Crippen LogP contribution in [0, 0.1) is 19.8 Å². The van der Waals surface area contributed by atoms with E-state index < -0.39 is 0 Å². The Morgan fingerprint density at radius 2 is 2.25 bits per heavy atom. The Bertz CT molecular complexity index is 621. The van der Waals surface area contributed by atoms with Gasteiger partial charge in [-0.25, -0.2) is 4.98 Å². The molecule has 1 unspecified atom stereocenters. The summed E-state index contributed by atoms with van der Waals surface area (Å²) < 4.78 is 5.11. The van der Waals surface area contributed by atoms with Crippen molar-refractivity contribution in [3.05, 3.63) is 23.0 Å². The number of hydrogen-bond acceptors (Lipinski definition) is 5. The molecule has 0 radical (unpaired) electrons. The van der Waals surface area contributed by atoms with Gasteiger partial charge in [-0.1, -0.05) is 12.1 Å². The lowest BCUT2D eigenvalue weighted by molar-refractivity contribution is 0.0947. The summed E-state index contributed by atoms with van der Waals surface area (Å²) in [6.45, 7) is 6.22. The second-order valence-electron chi connectivity index (χ2n) is 5.09. The molecule has 0 aliphatic rings. The molecule has 0 spiro atoms. The number of aromatic nitrogens is 2. The molecule has 108 valence electrons. The zero-order chi connectivity index (χ0) is 14.7. The first kappa shape index (κ1) is 14.5. The Morgan fingerprint density at radius 1 is 1.50 bits per heavy atom. The fraction of sp³-hybridized carbons (Fsp3) is 0.500. The first-order chi connectivity index (χ1) is 9.52. The molecule has 1 atom stereocenters. The lowest BCUT2D eigenvalue weighted by Gasteiger charge is -2.11. The van der Waals surface area contributed by atoms with Gasteiger partial charge in [0.2, 0.25) is 0 Å². The van der Waals surface area contributed by atoms with Crippen molar-refractivity contribution in [1.82, 2.24) is 15.5 Å². The fourth-order valence-electron chi connectivity index (χ4n) is 2.08. The van der Waals surface area contributed by atoms with Gasteiger partial charge >= 0.3 is 0 Å². The number of hydrogen-bond donors (Lipinski definition) is 2. The van der Waals surface area contributed by atoms with E-state index in [9.17, 15) is 4.79 Å². The van der Waals surface area contributed by atoms with E-state index in [1.54, 1.807) is 13.0 Å². The zero-order valence-corrected chi connectivity index (χ0v) is 11.9. The number of carbonyl (C=O) groups excluding carboxylic acids is 1. The molecule has 20 heavy (non-hydrogen) atoms. The maximum Gasteiger partial charge on any atom is 0.258 e. The summed E-state index contributed by atoms with van der Waals surface area (Å²) in [4.78, 5) is 16.5. The van der Waals surface area contributed by atoms with Gasteiger partial charge in [0, 0.05) is 18.8 Å². The van der Waals surface area contributed by atoms with Crippen LogP contribution >= 0.6 is 0 Å². The molecule has 0 aliphatic carbocycles. The van der Waals surface area contributed by atoms with Crippen molar-refractivity contribution < 1.29 is 14.4 Å². The van der Waals surface area contributed by atoms with E-state index in [4.69, 9.17) is 9.63 Å². The molecule has 0 aliphatic heterocycles. The van der Waals surface area contributed by atoms with Crippen molar-refractivity contribution in [2.24, 2.45) is 5.92 Å². The third kappa shape index (κ3) is 2.96.